The van der Waals surface area contributed by atoms with E-state index in [1.165, 1.54) is 28.6 Å². The molecule has 0 aromatic heterocycles. The van der Waals surface area contributed by atoms with Gasteiger partial charge in [-0.1, -0.05) is 20.8 Å². The van der Waals surface area contributed by atoms with Crippen molar-refractivity contribution in [2.75, 3.05) is 17.6 Å². The average molecular weight is 384 g/mol. The van der Waals surface area contributed by atoms with E-state index >= 15 is 0 Å². The molecule has 2 N–H and O–H groups in total. The van der Waals surface area contributed by atoms with Crippen LogP contribution in [0.3, 0.4) is 0 Å². The third-order valence-corrected chi connectivity index (χ3v) is 5.24. The number of hydrogen-bond donors (Lipinski definition) is 2. The molecule has 24 heavy (non-hydrogen) atoms. The van der Waals surface area contributed by atoms with Crippen molar-refractivity contribution < 1.29 is 26.4 Å². The SMILES string of the molecule is CC(C)(C)SCC(=O)Nc1ccc(S(=O)(=O)NCC(F)(F)F)cc1. The molecule has 1 rings (SSSR count). The molecule has 0 bridgehead atoms. The Bertz CT molecular complexity index is 666. The fraction of sp³-hybridized carbons (Fsp3) is 0.500. The highest BCUT2D eigenvalue weighted by Gasteiger charge is 2.30. The number of nitrogens with one attached hydrogen (secondary N) is 2. The molecule has 1 aromatic carbocycles. The number of sulfonamides is 1. The smallest absolute Gasteiger partial charge is 0.325 e. The molecule has 0 unspecified atom stereocenters. The van der Waals surface area contributed by atoms with Crippen LogP contribution in [0.15, 0.2) is 29.2 Å². The summed E-state index contributed by atoms with van der Waals surface area (Å²) in [4.78, 5) is 11.5. The van der Waals surface area contributed by atoms with E-state index in [0.29, 0.717) is 5.69 Å². The molecule has 0 spiro atoms. The van der Waals surface area contributed by atoms with Crippen molar-refractivity contribution in [3.05, 3.63) is 24.3 Å². The zero-order chi connectivity index (χ0) is 18.6. The molecule has 0 radical (unpaired) electrons. The van der Waals surface area contributed by atoms with Crippen LogP contribution in [0.25, 0.3) is 0 Å². The van der Waals surface area contributed by atoms with E-state index < -0.39 is 22.7 Å². The van der Waals surface area contributed by atoms with Crippen LogP contribution in [0.5, 0.6) is 0 Å². The Morgan fingerprint density at radius 3 is 2.12 bits per heavy atom. The average Bonchev–Trinajstić information content (AvgIpc) is 2.42. The van der Waals surface area contributed by atoms with Gasteiger partial charge in [-0.3, -0.25) is 4.79 Å². The van der Waals surface area contributed by atoms with E-state index in [0.717, 1.165) is 12.1 Å². The molecule has 0 atom stereocenters. The van der Waals surface area contributed by atoms with Gasteiger partial charge in [0.05, 0.1) is 10.6 Å². The van der Waals surface area contributed by atoms with Gasteiger partial charge in [0.15, 0.2) is 0 Å². The first-order chi connectivity index (χ1) is 10.8. The first-order valence-corrected chi connectivity index (χ1v) is 9.36. The van der Waals surface area contributed by atoms with Crippen LogP contribution in [0.1, 0.15) is 20.8 Å². The zero-order valence-electron chi connectivity index (χ0n) is 13.4. The molecule has 136 valence electrons. The van der Waals surface area contributed by atoms with Crippen LogP contribution in [-0.2, 0) is 14.8 Å². The molecular formula is C14H19F3N2O3S2. The summed E-state index contributed by atoms with van der Waals surface area (Å²) < 4.78 is 61.1. The molecule has 10 heteroatoms. The Morgan fingerprint density at radius 1 is 1.12 bits per heavy atom. The predicted molar refractivity (Wildman–Crippen MR) is 88.5 cm³/mol. The summed E-state index contributed by atoms with van der Waals surface area (Å²) in [5.74, 6) is -0.0165. The summed E-state index contributed by atoms with van der Waals surface area (Å²) in [5.41, 5.74) is 0.365. The third-order valence-electron chi connectivity index (χ3n) is 2.55. The highest BCUT2D eigenvalue weighted by Crippen LogP contribution is 2.23. The van der Waals surface area contributed by atoms with E-state index in [2.05, 4.69) is 5.32 Å². The van der Waals surface area contributed by atoms with E-state index in [1.807, 2.05) is 20.8 Å². The molecule has 5 nitrogen and oxygen atoms in total. The highest BCUT2D eigenvalue weighted by atomic mass is 32.2. The monoisotopic (exact) mass is 384 g/mol. The van der Waals surface area contributed by atoms with Crippen molar-refractivity contribution in [1.29, 1.82) is 0 Å². The summed E-state index contributed by atoms with van der Waals surface area (Å²) in [6.45, 7) is 4.27. The molecule has 0 fully saturated rings. The first-order valence-electron chi connectivity index (χ1n) is 6.89. The minimum absolute atomic E-state index is 0.0700. The zero-order valence-corrected chi connectivity index (χ0v) is 15.0. The minimum atomic E-state index is -4.63. The van der Waals surface area contributed by atoms with Crippen LogP contribution < -0.4 is 10.0 Å². The second-order valence-corrected chi connectivity index (χ2v) is 9.48. The number of anilines is 1. The molecule has 0 saturated heterocycles. The Hall–Kier alpha value is -1.26. The number of halogens is 3. The van der Waals surface area contributed by atoms with E-state index in [-0.39, 0.29) is 21.3 Å². The summed E-state index contributed by atoms with van der Waals surface area (Å²) in [5, 5.41) is 2.59. The Kier molecular flexibility index (Phi) is 6.71. The van der Waals surface area contributed by atoms with E-state index in [4.69, 9.17) is 0 Å². The van der Waals surface area contributed by atoms with Crippen LogP contribution in [0.4, 0.5) is 18.9 Å². The van der Waals surface area contributed by atoms with Gasteiger partial charge in [-0.2, -0.15) is 13.2 Å². The van der Waals surface area contributed by atoms with E-state index in [9.17, 15) is 26.4 Å². The van der Waals surface area contributed by atoms with Gasteiger partial charge in [0.1, 0.15) is 6.54 Å². The first kappa shape index (κ1) is 20.8. The van der Waals surface area contributed by atoms with Crippen LogP contribution in [0.2, 0.25) is 0 Å². The molecular weight excluding hydrogens is 365 g/mol. The van der Waals surface area contributed by atoms with Gasteiger partial charge in [-0.15, -0.1) is 11.8 Å². The van der Waals surface area contributed by atoms with Crippen molar-refractivity contribution in [3.8, 4) is 0 Å². The molecule has 0 aliphatic carbocycles. The van der Waals surface area contributed by atoms with Gasteiger partial charge in [-0.25, -0.2) is 13.1 Å². The van der Waals surface area contributed by atoms with Gasteiger partial charge >= 0.3 is 6.18 Å². The maximum atomic E-state index is 12.1. The number of rotatable bonds is 6. The maximum Gasteiger partial charge on any atom is 0.402 e. The number of alkyl halides is 3. The van der Waals surface area contributed by atoms with Gasteiger partial charge in [0, 0.05) is 10.4 Å². The fourth-order valence-corrected chi connectivity index (χ4v) is 3.11. The number of benzene rings is 1. The molecule has 0 aliphatic rings. The standard InChI is InChI=1S/C14H19F3N2O3S2/c1-13(2,3)23-8-12(20)19-10-4-6-11(7-5-10)24(21,22)18-9-14(15,16)17/h4-7,18H,8-9H2,1-3H3,(H,19,20). The van der Waals surface area contributed by atoms with Crippen molar-refractivity contribution in [3.63, 3.8) is 0 Å². The Balaban J connectivity index is 2.67. The topological polar surface area (TPSA) is 75.3 Å². The van der Waals surface area contributed by atoms with Crippen LogP contribution in [-0.4, -0.2) is 37.5 Å². The fourth-order valence-electron chi connectivity index (χ4n) is 1.46. The minimum Gasteiger partial charge on any atom is -0.325 e. The van der Waals surface area contributed by atoms with Crippen molar-refractivity contribution >= 4 is 33.4 Å². The lowest BCUT2D eigenvalue weighted by atomic mass is 10.3. The third kappa shape index (κ3) is 8.02. The number of amides is 1. The van der Waals surface area contributed by atoms with Crippen LogP contribution in [0, 0.1) is 0 Å². The summed E-state index contributed by atoms with van der Waals surface area (Å²) in [6, 6.07) is 4.90. The van der Waals surface area contributed by atoms with Gasteiger partial charge in [0.25, 0.3) is 0 Å². The largest absolute Gasteiger partial charge is 0.402 e. The Labute approximate surface area is 143 Å². The van der Waals surface area contributed by atoms with Crippen molar-refractivity contribution in [2.45, 2.75) is 36.6 Å². The van der Waals surface area contributed by atoms with Crippen LogP contribution >= 0.6 is 11.8 Å². The van der Waals surface area contributed by atoms with Crippen molar-refractivity contribution in [1.82, 2.24) is 4.72 Å². The summed E-state index contributed by atoms with van der Waals surface area (Å²) in [7, 11) is -4.26. The van der Waals surface area contributed by atoms with Gasteiger partial charge in [-0.05, 0) is 24.3 Å². The lowest BCUT2D eigenvalue weighted by Gasteiger charge is -2.17. The lowest BCUT2D eigenvalue weighted by molar-refractivity contribution is -0.121. The number of hydrogen-bond acceptors (Lipinski definition) is 4. The number of carbonyl (C=O) groups is 1. The van der Waals surface area contributed by atoms with E-state index in [1.54, 1.807) is 0 Å². The Morgan fingerprint density at radius 2 is 1.67 bits per heavy atom. The second kappa shape index (κ2) is 7.75. The number of carbonyl (C=O) groups excluding carboxylic acids is 1. The molecule has 0 saturated carbocycles. The van der Waals surface area contributed by atoms with Crippen molar-refractivity contribution in [2.24, 2.45) is 0 Å². The summed E-state index contributed by atoms with van der Waals surface area (Å²) in [6.07, 6.45) is -4.63. The number of thioether (sulfide) groups is 1. The highest BCUT2D eigenvalue weighted by molar-refractivity contribution is 8.01. The molecule has 1 amide bonds. The lowest BCUT2D eigenvalue weighted by Crippen LogP contribution is -2.33. The van der Waals surface area contributed by atoms with Gasteiger partial charge < -0.3 is 5.32 Å². The predicted octanol–water partition coefficient (Wildman–Crippen LogP) is 3.00. The summed E-state index contributed by atoms with van der Waals surface area (Å²) >= 11 is 1.45. The second-order valence-electron chi connectivity index (χ2n) is 5.91. The quantitative estimate of drug-likeness (QED) is 0.791. The maximum absolute atomic E-state index is 12.1. The molecule has 0 aliphatic heterocycles. The molecule has 0 heterocycles. The van der Waals surface area contributed by atoms with Gasteiger partial charge in [0.2, 0.25) is 15.9 Å². The molecule has 1 aromatic rings. The normalized spacial score (nSPS) is 12.9.